The van der Waals surface area contributed by atoms with Gasteiger partial charge in [0.2, 0.25) is 5.91 Å². The van der Waals surface area contributed by atoms with Gasteiger partial charge < -0.3 is 19.9 Å². The fourth-order valence-corrected chi connectivity index (χ4v) is 4.82. The Hall–Kier alpha value is -3.01. The summed E-state index contributed by atoms with van der Waals surface area (Å²) >= 11 is 5.79. The number of thiocarbonyl (C=S) groups is 1. The number of hydrogen-bond acceptors (Lipinski definition) is 6. The van der Waals surface area contributed by atoms with Crippen LogP contribution in [0.3, 0.4) is 0 Å². The van der Waals surface area contributed by atoms with Gasteiger partial charge >= 0.3 is 0 Å². The maximum atomic E-state index is 13.6. The molecule has 0 aromatic heterocycles. The van der Waals surface area contributed by atoms with Crippen molar-refractivity contribution in [3.63, 3.8) is 0 Å². The number of benzene rings is 2. The van der Waals surface area contributed by atoms with Gasteiger partial charge in [0.1, 0.15) is 11.8 Å². The Morgan fingerprint density at radius 1 is 1.03 bits per heavy atom. The standard InChI is InChI=1S/C26H33N5O3S/c1-19-4-8-21(9-5-19)31-25(33)23(18-24(32)27-20-6-10-22(34-3)11-7-20)30(26(31)35)17-16-29-14-12-28(2)13-15-29/h4-11,23H,12-18H2,1-3H3,(H,27,32)/t23-/m1/s1. The van der Waals surface area contributed by atoms with Crippen LogP contribution in [-0.4, -0.2) is 91.1 Å². The molecule has 35 heavy (non-hydrogen) atoms. The zero-order valence-electron chi connectivity index (χ0n) is 20.6. The van der Waals surface area contributed by atoms with Crippen molar-refractivity contribution >= 4 is 40.5 Å². The van der Waals surface area contributed by atoms with Gasteiger partial charge in [0.15, 0.2) is 5.11 Å². The fourth-order valence-electron chi connectivity index (χ4n) is 4.40. The van der Waals surface area contributed by atoms with E-state index in [9.17, 15) is 9.59 Å². The fraction of sp³-hybridized carbons (Fsp3) is 0.423. The van der Waals surface area contributed by atoms with Crippen molar-refractivity contribution < 1.29 is 14.3 Å². The Bertz CT molecular complexity index is 1050. The Morgan fingerprint density at radius 2 is 1.69 bits per heavy atom. The maximum Gasteiger partial charge on any atom is 0.256 e. The molecule has 4 rings (SSSR count). The number of aryl methyl sites for hydroxylation is 1. The second kappa shape index (κ2) is 11.2. The van der Waals surface area contributed by atoms with Crippen LogP contribution in [0, 0.1) is 6.92 Å². The van der Waals surface area contributed by atoms with E-state index in [0.29, 0.717) is 23.1 Å². The molecule has 9 heteroatoms. The molecule has 0 spiro atoms. The first-order valence-corrected chi connectivity index (χ1v) is 12.3. The van der Waals surface area contributed by atoms with Gasteiger partial charge in [0.25, 0.3) is 5.91 Å². The average molecular weight is 496 g/mol. The minimum Gasteiger partial charge on any atom is -0.497 e. The number of rotatable bonds is 8. The zero-order valence-corrected chi connectivity index (χ0v) is 21.4. The molecule has 2 aliphatic heterocycles. The molecule has 186 valence electrons. The second-order valence-electron chi connectivity index (χ2n) is 9.13. The molecule has 2 fully saturated rings. The van der Waals surface area contributed by atoms with Gasteiger partial charge in [-0.1, -0.05) is 17.7 Å². The number of carbonyl (C=O) groups excluding carboxylic acids is 2. The van der Waals surface area contributed by atoms with Crippen molar-refractivity contribution in [1.29, 1.82) is 0 Å². The van der Waals surface area contributed by atoms with Gasteiger partial charge in [-0.05, 0) is 62.6 Å². The summed E-state index contributed by atoms with van der Waals surface area (Å²) < 4.78 is 5.18. The number of anilines is 2. The van der Waals surface area contributed by atoms with Gasteiger partial charge in [0.05, 0.1) is 19.2 Å². The lowest BCUT2D eigenvalue weighted by molar-refractivity contribution is -0.124. The van der Waals surface area contributed by atoms with Gasteiger partial charge in [-0.15, -0.1) is 0 Å². The van der Waals surface area contributed by atoms with Crippen molar-refractivity contribution in [3.8, 4) is 5.75 Å². The number of likely N-dealkylation sites (N-methyl/N-ethyl adjacent to an activating group) is 1. The number of nitrogens with one attached hydrogen (secondary N) is 1. The monoisotopic (exact) mass is 495 g/mol. The number of carbonyl (C=O) groups is 2. The van der Waals surface area contributed by atoms with E-state index >= 15 is 0 Å². The van der Waals surface area contributed by atoms with Crippen LogP contribution < -0.4 is 15.0 Å². The molecule has 0 bridgehead atoms. The first kappa shape index (κ1) is 25.1. The van der Waals surface area contributed by atoms with Gasteiger partial charge in [-0.25, -0.2) is 0 Å². The number of piperazine rings is 1. The Kier molecular flexibility index (Phi) is 8.00. The summed E-state index contributed by atoms with van der Waals surface area (Å²) in [5, 5.41) is 3.35. The molecule has 2 aromatic carbocycles. The lowest BCUT2D eigenvalue weighted by atomic mass is 10.1. The minimum atomic E-state index is -0.644. The summed E-state index contributed by atoms with van der Waals surface area (Å²) in [5.74, 6) is 0.317. The molecule has 1 atom stereocenters. The highest BCUT2D eigenvalue weighted by Crippen LogP contribution is 2.28. The van der Waals surface area contributed by atoms with Gasteiger partial charge in [-0.2, -0.15) is 0 Å². The van der Waals surface area contributed by atoms with Crippen molar-refractivity contribution in [1.82, 2.24) is 14.7 Å². The molecular weight excluding hydrogens is 462 g/mol. The van der Waals surface area contributed by atoms with Crippen LogP contribution in [0.1, 0.15) is 12.0 Å². The number of methoxy groups -OCH3 is 1. The molecule has 0 unspecified atom stereocenters. The summed E-state index contributed by atoms with van der Waals surface area (Å²) in [6, 6.07) is 14.2. The normalized spacial score (nSPS) is 19.3. The topological polar surface area (TPSA) is 68.4 Å². The second-order valence-corrected chi connectivity index (χ2v) is 9.49. The summed E-state index contributed by atoms with van der Waals surface area (Å²) in [4.78, 5) is 34.7. The minimum absolute atomic E-state index is 0.0239. The van der Waals surface area contributed by atoms with E-state index in [1.165, 1.54) is 0 Å². The van der Waals surface area contributed by atoms with E-state index in [-0.39, 0.29) is 18.2 Å². The van der Waals surface area contributed by atoms with E-state index in [0.717, 1.165) is 44.0 Å². The third kappa shape index (κ3) is 5.98. The molecule has 2 aromatic rings. The molecule has 2 aliphatic rings. The van der Waals surface area contributed by atoms with E-state index in [4.69, 9.17) is 17.0 Å². The summed E-state index contributed by atoms with van der Waals surface area (Å²) in [7, 11) is 3.72. The SMILES string of the molecule is COc1ccc(NC(=O)C[C@@H]2C(=O)N(c3ccc(C)cc3)C(=S)N2CCN2CCN(C)CC2)cc1. The number of hydrogen-bond donors (Lipinski definition) is 1. The highest BCUT2D eigenvalue weighted by Gasteiger charge is 2.44. The molecule has 2 saturated heterocycles. The van der Waals surface area contributed by atoms with Crippen molar-refractivity contribution in [2.45, 2.75) is 19.4 Å². The Labute approximate surface area is 212 Å². The third-order valence-corrected chi connectivity index (χ3v) is 7.03. The van der Waals surface area contributed by atoms with Gasteiger partial charge in [-0.3, -0.25) is 19.4 Å². The van der Waals surface area contributed by atoms with E-state index in [2.05, 4.69) is 22.2 Å². The van der Waals surface area contributed by atoms with Gasteiger partial charge in [0, 0.05) is 45.0 Å². The van der Waals surface area contributed by atoms with Crippen LogP contribution in [0.4, 0.5) is 11.4 Å². The van der Waals surface area contributed by atoms with E-state index in [1.54, 1.807) is 36.3 Å². The third-order valence-electron chi connectivity index (χ3n) is 6.62. The summed E-state index contributed by atoms with van der Waals surface area (Å²) in [6.07, 6.45) is 0.0239. The molecule has 2 amide bonds. The van der Waals surface area contributed by atoms with E-state index in [1.807, 2.05) is 36.1 Å². The summed E-state index contributed by atoms with van der Waals surface area (Å²) in [5.41, 5.74) is 2.49. The van der Waals surface area contributed by atoms with Crippen LogP contribution in [0.2, 0.25) is 0 Å². The molecule has 8 nitrogen and oxygen atoms in total. The maximum absolute atomic E-state index is 13.6. The van der Waals surface area contributed by atoms with Crippen LogP contribution in [0.5, 0.6) is 5.75 Å². The van der Waals surface area contributed by atoms with Crippen LogP contribution >= 0.6 is 12.2 Å². The van der Waals surface area contributed by atoms with Crippen molar-refractivity contribution in [2.24, 2.45) is 0 Å². The highest BCUT2D eigenvalue weighted by atomic mass is 32.1. The number of ether oxygens (including phenoxy) is 1. The van der Waals surface area contributed by atoms with Crippen molar-refractivity contribution in [2.75, 3.05) is 63.6 Å². The largest absolute Gasteiger partial charge is 0.497 e. The Morgan fingerprint density at radius 3 is 2.31 bits per heavy atom. The van der Waals surface area contributed by atoms with Crippen LogP contribution in [-0.2, 0) is 9.59 Å². The Balaban J connectivity index is 1.49. The lowest BCUT2D eigenvalue weighted by Crippen LogP contribution is -2.48. The smallest absolute Gasteiger partial charge is 0.256 e. The van der Waals surface area contributed by atoms with Crippen LogP contribution in [0.15, 0.2) is 48.5 Å². The molecule has 1 N–H and O–H groups in total. The molecule has 2 heterocycles. The first-order chi connectivity index (χ1) is 16.9. The highest BCUT2D eigenvalue weighted by molar-refractivity contribution is 7.80. The average Bonchev–Trinajstić information content (AvgIpc) is 3.08. The van der Waals surface area contributed by atoms with Crippen LogP contribution in [0.25, 0.3) is 0 Å². The predicted molar refractivity (Wildman–Crippen MR) is 142 cm³/mol. The number of amides is 2. The molecule has 0 aliphatic carbocycles. The summed E-state index contributed by atoms with van der Waals surface area (Å²) in [6.45, 7) is 7.39. The first-order valence-electron chi connectivity index (χ1n) is 11.9. The predicted octanol–water partition coefficient (Wildman–Crippen LogP) is 2.58. The molecular formula is C26H33N5O3S. The van der Waals surface area contributed by atoms with E-state index < -0.39 is 6.04 Å². The quantitative estimate of drug-likeness (QED) is 0.565. The number of nitrogens with zero attached hydrogens (tertiary/aromatic N) is 4. The molecule has 0 radical (unpaired) electrons. The van der Waals surface area contributed by atoms with Crippen molar-refractivity contribution in [3.05, 3.63) is 54.1 Å². The lowest BCUT2D eigenvalue weighted by Gasteiger charge is -2.34. The molecule has 0 saturated carbocycles. The zero-order chi connectivity index (χ0) is 24.9.